The smallest absolute Gasteiger partial charge is 0.225 e. The second kappa shape index (κ2) is 5.85. The Morgan fingerprint density at radius 3 is 2.78 bits per heavy atom. The van der Waals surface area contributed by atoms with Crippen LogP contribution in [0.25, 0.3) is 0 Å². The number of carbonyl (C=O) groups is 1. The van der Waals surface area contributed by atoms with Gasteiger partial charge in [-0.3, -0.25) is 4.79 Å². The second-order valence-electron chi connectivity index (χ2n) is 5.29. The lowest BCUT2D eigenvalue weighted by Crippen LogP contribution is -2.51. The molecule has 0 spiro atoms. The van der Waals surface area contributed by atoms with E-state index in [9.17, 15) is 4.79 Å². The molecule has 0 bridgehead atoms. The number of amides is 1. The minimum Gasteiger partial charge on any atom is -0.342 e. The van der Waals surface area contributed by atoms with Crippen LogP contribution < -0.4 is 5.32 Å². The maximum atomic E-state index is 12.3. The van der Waals surface area contributed by atoms with Crippen molar-refractivity contribution in [1.29, 1.82) is 0 Å². The zero-order chi connectivity index (χ0) is 13.1. The van der Waals surface area contributed by atoms with E-state index in [1.165, 1.54) is 4.88 Å². The van der Waals surface area contributed by atoms with Crippen molar-refractivity contribution < 1.29 is 4.79 Å². The molecule has 0 aromatic carbocycles. The fourth-order valence-corrected chi connectivity index (χ4v) is 3.09. The molecule has 0 radical (unpaired) electrons. The van der Waals surface area contributed by atoms with Crippen molar-refractivity contribution in [3.8, 4) is 0 Å². The summed E-state index contributed by atoms with van der Waals surface area (Å²) in [4.78, 5) is 15.6. The van der Waals surface area contributed by atoms with E-state index in [0.717, 1.165) is 19.5 Å². The number of nitrogens with one attached hydrogen (secondary N) is 1. The van der Waals surface area contributed by atoms with Gasteiger partial charge in [0, 0.05) is 30.3 Å². The topological polar surface area (TPSA) is 32.3 Å². The van der Waals surface area contributed by atoms with E-state index in [1.54, 1.807) is 11.3 Å². The van der Waals surface area contributed by atoms with Gasteiger partial charge in [-0.2, -0.15) is 0 Å². The van der Waals surface area contributed by atoms with Gasteiger partial charge in [-0.1, -0.05) is 13.0 Å². The predicted octanol–water partition coefficient (Wildman–Crippen LogP) is 1.99. The molecule has 2 atom stereocenters. The van der Waals surface area contributed by atoms with Gasteiger partial charge in [0.05, 0.1) is 0 Å². The monoisotopic (exact) mass is 266 g/mol. The third kappa shape index (κ3) is 2.93. The summed E-state index contributed by atoms with van der Waals surface area (Å²) in [6.45, 7) is 6.16. The van der Waals surface area contributed by atoms with Crippen LogP contribution in [0.15, 0.2) is 17.5 Å². The average molecular weight is 266 g/mol. The number of likely N-dealkylation sites (N-methyl/N-ethyl adjacent to an activating group) is 1. The van der Waals surface area contributed by atoms with Crippen LogP contribution in [-0.2, 0) is 11.2 Å². The minimum absolute atomic E-state index is 0.141. The lowest BCUT2D eigenvalue weighted by Gasteiger charge is -2.35. The lowest BCUT2D eigenvalue weighted by atomic mass is 9.87. The van der Waals surface area contributed by atoms with Gasteiger partial charge in [0.1, 0.15) is 0 Å². The molecular formula is C14H22N2OS. The van der Waals surface area contributed by atoms with Crippen molar-refractivity contribution in [2.24, 2.45) is 11.8 Å². The summed E-state index contributed by atoms with van der Waals surface area (Å²) in [5.74, 6) is 0.946. The number of rotatable bonds is 5. The number of hydrogen-bond acceptors (Lipinski definition) is 3. The first-order chi connectivity index (χ1) is 8.59. The number of thiophene rings is 1. The first kappa shape index (κ1) is 13.6. The summed E-state index contributed by atoms with van der Waals surface area (Å²) in [7, 11) is 1.93. The molecule has 1 aliphatic rings. The zero-order valence-corrected chi connectivity index (χ0v) is 12.2. The van der Waals surface area contributed by atoms with Crippen LogP contribution in [0.1, 0.15) is 18.7 Å². The van der Waals surface area contributed by atoms with Crippen molar-refractivity contribution in [3.05, 3.63) is 22.4 Å². The number of nitrogens with zero attached hydrogens (tertiary/aromatic N) is 1. The van der Waals surface area contributed by atoms with E-state index < -0.39 is 0 Å². The van der Waals surface area contributed by atoms with Crippen LogP contribution in [-0.4, -0.2) is 37.0 Å². The third-order valence-electron chi connectivity index (χ3n) is 4.00. The van der Waals surface area contributed by atoms with Gasteiger partial charge in [0.25, 0.3) is 0 Å². The Morgan fingerprint density at radius 1 is 1.56 bits per heavy atom. The summed E-state index contributed by atoms with van der Waals surface area (Å²) < 4.78 is 0. The molecule has 1 aromatic heterocycles. The Labute approximate surface area is 113 Å². The maximum Gasteiger partial charge on any atom is 0.225 e. The quantitative estimate of drug-likeness (QED) is 0.884. The SMILES string of the molecule is CC(C(=O)N(C)C(C)Cc1cccs1)C1CNC1. The standard InChI is InChI=1S/C14H22N2OS/c1-10(7-13-5-4-6-18-13)16(3)14(17)11(2)12-8-15-9-12/h4-6,10-12,15H,7-9H2,1-3H3. The second-order valence-corrected chi connectivity index (χ2v) is 6.32. The summed E-state index contributed by atoms with van der Waals surface area (Å²) in [6.07, 6.45) is 0.954. The van der Waals surface area contributed by atoms with Crippen LogP contribution in [0.3, 0.4) is 0 Å². The molecular weight excluding hydrogens is 244 g/mol. The van der Waals surface area contributed by atoms with Crippen LogP contribution in [0.4, 0.5) is 0 Å². The van der Waals surface area contributed by atoms with Gasteiger partial charge < -0.3 is 10.2 Å². The summed E-state index contributed by atoms with van der Waals surface area (Å²) in [5.41, 5.74) is 0. The minimum atomic E-state index is 0.141. The highest BCUT2D eigenvalue weighted by atomic mass is 32.1. The zero-order valence-electron chi connectivity index (χ0n) is 11.3. The molecule has 18 heavy (non-hydrogen) atoms. The van der Waals surface area contributed by atoms with Crippen LogP contribution in [0, 0.1) is 11.8 Å². The fourth-order valence-electron chi connectivity index (χ4n) is 2.26. The largest absolute Gasteiger partial charge is 0.342 e. The van der Waals surface area contributed by atoms with Crippen molar-refractivity contribution in [2.75, 3.05) is 20.1 Å². The van der Waals surface area contributed by atoms with Crippen LogP contribution >= 0.6 is 11.3 Å². The van der Waals surface area contributed by atoms with E-state index in [0.29, 0.717) is 5.92 Å². The molecule has 1 N–H and O–H groups in total. The van der Waals surface area contributed by atoms with Crippen molar-refractivity contribution >= 4 is 17.2 Å². The van der Waals surface area contributed by atoms with Crippen molar-refractivity contribution in [3.63, 3.8) is 0 Å². The van der Waals surface area contributed by atoms with E-state index in [2.05, 4.69) is 36.7 Å². The molecule has 1 aliphatic heterocycles. The van der Waals surface area contributed by atoms with Gasteiger partial charge in [-0.15, -0.1) is 11.3 Å². The van der Waals surface area contributed by atoms with E-state index >= 15 is 0 Å². The van der Waals surface area contributed by atoms with Crippen LogP contribution in [0.5, 0.6) is 0 Å². The van der Waals surface area contributed by atoms with Gasteiger partial charge in [-0.05, 0) is 37.4 Å². The van der Waals surface area contributed by atoms with Crippen molar-refractivity contribution in [2.45, 2.75) is 26.3 Å². The molecule has 100 valence electrons. The molecule has 1 amide bonds. The third-order valence-corrected chi connectivity index (χ3v) is 4.89. The van der Waals surface area contributed by atoms with Gasteiger partial charge in [0.2, 0.25) is 5.91 Å². The Kier molecular flexibility index (Phi) is 4.40. The number of carbonyl (C=O) groups excluding carboxylic acids is 1. The summed E-state index contributed by atoms with van der Waals surface area (Å²) in [6, 6.07) is 4.47. The van der Waals surface area contributed by atoms with E-state index in [4.69, 9.17) is 0 Å². The predicted molar refractivity (Wildman–Crippen MR) is 75.8 cm³/mol. The molecule has 1 aromatic rings. The normalized spacial score (nSPS) is 19.1. The Bertz CT molecular complexity index is 387. The Morgan fingerprint density at radius 2 is 2.28 bits per heavy atom. The number of hydrogen-bond donors (Lipinski definition) is 1. The van der Waals surface area contributed by atoms with Crippen molar-refractivity contribution in [1.82, 2.24) is 10.2 Å². The molecule has 1 fully saturated rings. The van der Waals surface area contributed by atoms with Gasteiger partial charge in [-0.25, -0.2) is 0 Å². The van der Waals surface area contributed by atoms with Gasteiger partial charge in [0.15, 0.2) is 0 Å². The summed E-state index contributed by atoms with van der Waals surface area (Å²) in [5, 5.41) is 5.32. The highest BCUT2D eigenvalue weighted by molar-refractivity contribution is 7.09. The molecule has 2 rings (SSSR count). The first-order valence-electron chi connectivity index (χ1n) is 6.59. The molecule has 2 unspecified atom stereocenters. The molecule has 2 heterocycles. The first-order valence-corrected chi connectivity index (χ1v) is 7.47. The highest BCUT2D eigenvalue weighted by Crippen LogP contribution is 2.20. The Hall–Kier alpha value is -0.870. The van der Waals surface area contributed by atoms with E-state index in [1.807, 2.05) is 11.9 Å². The fraction of sp³-hybridized carbons (Fsp3) is 0.643. The summed E-state index contributed by atoms with van der Waals surface area (Å²) >= 11 is 1.76. The highest BCUT2D eigenvalue weighted by Gasteiger charge is 2.31. The maximum absolute atomic E-state index is 12.3. The molecule has 3 nitrogen and oxygen atoms in total. The lowest BCUT2D eigenvalue weighted by molar-refractivity contribution is -0.137. The van der Waals surface area contributed by atoms with Gasteiger partial charge >= 0.3 is 0 Å². The molecule has 4 heteroatoms. The van der Waals surface area contributed by atoms with Crippen LogP contribution in [0.2, 0.25) is 0 Å². The molecule has 0 aliphatic carbocycles. The molecule has 0 saturated carbocycles. The van der Waals surface area contributed by atoms with E-state index in [-0.39, 0.29) is 17.9 Å². The average Bonchev–Trinajstić information content (AvgIpc) is 2.77. The molecule has 1 saturated heterocycles. The Balaban J connectivity index is 1.88.